The molecule has 0 aromatic rings. The first-order chi connectivity index (χ1) is 9.33. The number of likely N-dealkylation sites (tertiary alicyclic amines) is 1. The summed E-state index contributed by atoms with van der Waals surface area (Å²) in [5.41, 5.74) is 0. The summed E-state index contributed by atoms with van der Waals surface area (Å²) in [6, 6.07) is 1.49. The van der Waals surface area contributed by atoms with Gasteiger partial charge < -0.3 is 15.0 Å². The van der Waals surface area contributed by atoms with Crippen LogP contribution in [0, 0.1) is 0 Å². The van der Waals surface area contributed by atoms with E-state index in [2.05, 4.69) is 22.2 Å². The van der Waals surface area contributed by atoms with Gasteiger partial charge in [-0.05, 0) is 45.8 Å². The highest BCUT2D eigenvalue weighted by Gasteiger charge is 2.33. The average Bonchev–Trinajstić information content (AvgIpc) is 2.93. The molecule has 0 bridgehead atoms. The molecule has 3 atom stereocenters. The van der Waals surface area contributed by atoms with Gasteiger partial charge in [-0.2, -0.15) is 0 Å². The zero-order valence-corrected chi connectivity index (χ0v) is 12.3. The molecule has 19 heavy (non-hydrogen) atoms. The molecule has 0 aromatic heterocycles. The Balaban J connectivity index is 1.56. The highest BCUT2D eigenvalue weighted by Crippen LogP contribution is 2.25. The maximum atomic E-state index is 5.96. The lowest BCUT2D eigenvalue weighted by molar-refractivity contribution is -0.0476. The van der Waals surface area contributed by atoms with Crippen LogP contribution in [0.4, 0.5) is 0 Å². The third-order valence-electron chi connectivity index (χ3n) is 5.01. The molecule has 3 unspecified atom stereocenters. The number of rotatable bonds is 3. The number of nitrogens with one attached hydrogen (secondary N) is 1. The van der Waals surface area contributed by atoms with Crippen molar-refractivity contribution < 1.29 is 4.74 Å². The van der Waals surface area contributed by atoms with Crippen LogP contribution in [0.5, 0.6) is 0 Å². The van der Waals surface area contributed by atoms with Crippen molar-refractivity contribution >= 4 is 0 Å². The minimum absolute atomic E-state index is 0.417. The largest absolute Gasteiger partial charge is 0.374 e. The quantitative estimate of drug-likeness (QED) is 0.823. The summed E-state index contributed by atoms with van der Waals surface area (Å²) < 4.78 is 5.96. The number of nitrogens with zero attached hydrogens (tertiary/aromatic N) is 2. The van der Waals surface area contributed by atoms with Crippen LogP contribution in [0.1, 0.15) is 32.1 Å². The Morgan fingerprint density at radius 3 is 2.89 bits per heavy atom. The second-order valence-corrected chi connectivity index (χ2v) is 6.52. The number of likely N-dealkylation sites (N-methyl/N-ethyl adjacent to an activating group) is 1. The molecule has 3 heterocycles. The summed E-state index contributed by atoms with van der Waals surface area (Å²) in [7, 11) is 2.21. The Hall–Kier alpha value is -0.160. The van der Waals surface area contributed by atoms with Gasteiger partial charge >= 0.3 is 0 Å². The second kappa shape index (κ2) is 6.53. The van der Waals surface area contributed by atoms with Crippen LogP contribution < -0.4 is 5.32 Å². The topological polar surface area (TPSA) is 27.7 Å². The molecule has 0 aliphatic carbocycles. The van der Waals surface area contributed by atoms with Gasteiger partial charge in [0.25, 0.3) is 0 Å². The van der Waals surface area contributed by atoms with Crippen LogP contribution in [0.3, 0.4) is 0 Å². The third kappa shape index (κ3) is 3.48. The number of piperidine rings is 1. The van der Waals surface area contributed by atoms with Crippen molar-refractivity contribution in [2.75, 3.05) is 46.4 Å². The first-order valence-electron chi connectivity index (χ1n) is 8.10. The van der Waals surface area contributed by atoms with Crippen LogP contribution >= 0.6 is 0 Å². The fourth-order valence-corrected chi connectivity index (χ4v) is 3.98. The Bertz CT molecular complexity index is 281. The van der Waals surface area contributed by atoms with Crippen molar-refractivity contribution in [1.29, 1.82) is 0 Å². The Labute approximate surface area is 117 Å². The van der Waals surface area contributed by atoms with Crippen LogP contribution in [-0.2, 0) is 4.74 Å². The first-order valence-corrected chi connectivity index (χ1v) is 8.10. The van der Waals surface area contributed by atoms with Gasteiger partial charge in [0.2, 0.25) is 0 Å². The van der Waals surface area contributed by atoms with E-state index in [4.69, 9.17) is 4.74 Å². The SMILES string of the molecule is CN1CCOC(CN2CCCCC2C2CCCN2)C1. The van der Waals surface area contributed by atoms with Crippen LogP contribution in [0.2, 0.25) is 0 Å². The molecule has 3 rings (SSSR count). The molecule has 0 aromatic carbocycles. The molecule has 3 aliphatic heterocycles. The second-order valence-electron chi connectivity index (χ2n) is 6.52. The zero-order valence-electron chi connectivity index (χ0n) is 12.3. The number of ether oxygens (including phenoxy) is 1. The lowest BCUT2D eigenvalue weighted by atomic mass is 9.94. The summed E-state index contributed by atoms with van der Waals surface area (Å²) in [5.74, 6) is 0. The highest BCUT2D eigenvalue weighted by atomic mass is 16.5. The van der Waals surface area contributed by atoms with E-state index in [9.17, 15) is 0 Å². The minimum Gasteiger partial charge on any atom is -0.374 e. The maximum absolute atomic E-state index is 5.96. The molecular formula is C15H29N3O. The lowest BCUT2D eigenvalue weighted by Crippen LogP contribution is -2.54. The molecule has 0 saturated carbocycles. The van der Waals surface area contributed by atoms with Crippen molar-refractivity contribution in [3.8, 4) is 0 Å². The van der Waals surface area contributed by atoms with E-state index < -0.39 is 0 Å². The maximum Gasteiger partial charge on any atom is 0.0829 e. The van der Waals surface area contributed by atoms with Crippen LogP contribution in [0.15, 0.2) is 0 Å². The first kappa shape index (κ1) is 13.8. The van der Waals surface area contributed by atoms with Gasteiger partial charge in [-0.25, -0.2) is 0 Å². The van der Waals surface area contributed by atoms with Crippen molar-refractivity contribution in [3.05, 3.63) is 0 Å². The van der Waals surface area contributed by atoms with Gasteiger partial charge in [-0.3, -0.25) is 4.90 Å². The molecule has 3 fully saturated rings. The summed E-state index contributed by atoms with van der Waals surface area (Å²) in [6.45, 7) is 6.71. The molecule has 3 aliphatic rings. The van der Waals surface area contributed by atoms with Gasteiger partial charge in [-0.15, -0.1) is 0 Å². The Kier molecular flexibility index (Phi) is 4.74. The van der Waals surface area contributed by atoms with Crippen molar-refractivity contribution in [2.24, 2.45) is 0 Å². The molecule has 3 saturated heterocycles. The van der Waals surface area contributed by atoms with Crippen molar-refractivity contribution in [1.82, 2.24) is 15.1 Å². The third-order valence-corrected chi connectivity index (χ3v) is 5.01. The Morgan fingerprint density at radius 2 is 2.11 bits per heavy atom. The molecule has 4 nitrogen and oxygen atoms in total. The number of hydrogen-bond donors (Lipinski definition) is 1. The van der Waals surface area contributed by atoms with E-state index >= 15 is 0 Å². The van der Waals surface area contributed by atoms with Gasteiger partial charge in [0, 0.05) is 31.7 Å². The lowest BCUT2D eigenvalue weighted by Gasteiger charge is -2.42. The highest BCUT2D eigenvalue weighted by molar-refractivity contribution is 4.91. The fourth-order valence-electron chi connectivity index (χ4n) is 3.98. The Morgan fingerprint density at radius 1 is 1.16 bits per heavy atom. The predicted molar refractivity (Wildman–Crippen MR) is 77.5 cm³/mol. The van der Waals surface area contributed by atoms with E-state index in [1.807, 2.05) is 0 Å². The normalized spacial score (nSPS) is 38.7. The van der Waals surface area contributed by atoms with E-state index in [1.54, 1.807) is 0 Å². The van der Waals surface area contributed by atoms with E-state index in [0.29, 0.717) is 6.10 Å². The molecule has 1 N–H and O–H groups in total. The predicted octanol–water partition coefficient (Wildman–Crippen LogP) is 0.923. The molecular weight excluding hydrogens is 238 g/mol. The van der Waals surface area contributed by atoms with Gasteiger partial charge in [-0.1, -0.05) is 6.42 Å². The molecule has 110 valence electrons. The molecule has 0 spiro atoms. The van der Waals surface area contributed by atoms with Crippen molar-refractivity contribution in [2.45, 2.75) is 50.3 Å². The summed E-state index contributed by atoms with van der Waals surface area (Å²) >= 11 is 0. The van der Waals surface area contributed by atoms with Gasteiger partial charge in [0.05, 0.1) is 12.7 Å². The molecule has 4 heteroatoms. The molecule has 0 radical (unpaired) electrons. The summed E-state index contributed by atoms with van der Waals surface area (Å²) in [6.07, 6.45) is 7.29. The summed E-state index contributed by atoms with van der Waals surface area (Å²) in [4.78, 5) is 5.12. The van der Waals surface area contributed by atoms with Crippen molar-refractivity contribution in [3.63, 3.8) is 0 Å². The van der Waals surface area contributed by atoms with Crippen LogP contribution in [-0.4, -0.2) is 74.4 Å². The number of morpholine rings is 1. The smallest absolute Gasteiger partial charge is 0.0829 e. The minimum atomic E-state index is 0.417. The van der Waals surface area contributed by atoms with Gasteiger partial charge in [0.15, 0.2) is 0 Å². The van der Waals surface area contributed by atoms with Crippen LogP contribution in [0.25, 0.3) is 0 Å². The van der Waals surface area contributed by atoms with E-state index in [1.165, 1.54) is 45.2 Å². The average molecular weight is 267 g/mol. The fraction of sp³-hybridized carbons (Fsp3) is 1.00. The van der Waals surface area contributed by atoms with E-state index in [-0.39, 0.29) is 0 Å². The number of hydrogen-bond acceptors (Lipinski definition) is 4. The molecule has 0 amide bonds. The monoisotopic (exact) mass is 267 g/mol. The van der Waals surface area contributed by atoms with E-state index in [0.717, 1.165) is 38.3 Å². The summed E-state index contributed by atoms with van der Waals surface area (Å²) in [5, 5.41) is 3.71. The standard InChI is InChI=1S/C15H29N3O/c1-17-9-10-19-13(11-17)12-18-8-3-2-6-15(18)14-5-4-7-16-14/h13-16H,2-12H2,1H3. The zero-order chi connectivity index (χ0) is 13.1. The van der Waals surface area contributed by atoms with Gasteiger partial charge in [0.1, 0.15) is 0 Å².